The van der Waals surface area contributed by atoms with Gasteiger partial charge in [-0.05, 0) is 90.4 Å². The van der Waals surface area contributed by atoms with E-state index in [2.05, 4.69) is 25.1 Å². The van der Waals surface area contributed by atoms with Crippen molar-refractivity contribution in [1.82, 2.24) is 4.57 Å². The zero-order chi connectivity index (χ0) is 25.5. The summed E-state index contributed by atoms with van der Waals surface area (Å²) in [6.45, 7) is 2.06. The van der Waals surface area contributed by atoms with E-state index in [1.807, 2.05) is 71.3 Å². The Hall–Kier alpha value is -3.18. The number of aryl methyl sites for hydroxylation is 1. The highest BCUT2D eigenvalue weighted by molar-refractivity contribution is 7.07. The van der Waals surface area contributed by atoms with Gasteiger partial charge in [0.15, 0.2) is 4.80 Å². The number of allylic oxidation sites excluding steroid dienone is 2. The van der Waals surface area contributed by atoms with Crippen LogP contribution in [0.5, 0.6) is 0 Å². The van der Waals surface area contributed by atoms with Crippen molar-refractivity contribution in [2.24, 2.45) is 4.99 Å². The fourth-order valence-corrected chi connectivity index (χ4v) is 6.33. The molecule has 1 aliphatic heterocycles. The van der Waals surface area contributed by atoms with Crippen molar-refractivity contribution in [3.63, 3.8) is 0 Å². The van der Waals surface area contributed by atoms with Gasteiger partial charge in [0.25, 0.3) is 5.56 Å². The summed E-state index contributed by atoms with van der Waals surface area (Å²) in [5.41, 5.74) is 7.70. The first-order chi connectivity index (χ1) is 18.0. The monoisotopic (exact) mass is 542 g/mol. The van der Waals surface area contributed by atoms with E-state index in [4.69, 9.17) is 28.2 Å². The van der Waals surface area contributed by atoms with E-state index in [0.29, 0.717) is 9.55 Å². The molecule has 0 saturated heterocycles. The number of thiazole rings is 1. The molecule has 1 unspecified atom stereocenters. The van der Waals surface area contributed by atoms with Crippen molar-refractivity contribution in [3.8, 4) is 0 Å². The fourth-order valence-electron chi connectivity index (χ4n) is 5.08. The number of nitrogens with zero attached hydrogens (tertiary/aromatic N) is 2. The van der Waals surface area contributed by atoms with Gasteiger partial charge in [0, 0.05) is 10.0 Å². The van der Waals surface area contributed by atoms with Gasteiger partial charge in [-0.15, -0.1) is 0 Å². The minimum absolute atomic E-state index is 0.00960. The molecule has 0 fully saturated rings. The Morgan fingerprint density at radius 3 is 2.19 bits per heavy atom. The van der Waals surface area contributed by atoms with Crippen LogP contribution in [0, 0.1) is 6.92 Å². The van der Waals surface area contributed by atoms with Crippen LogP contribution in [0.1, 0.15) is 47.6 Å². The lowest BCUT2D eigenvalue weighted by Gasteiger charge is -2.31. The molecule has 0 radical (unpaired) electrons. The van der Waals surface area contributed by atoms with E-state index in [1.165, 1.54) is 28.0 Å². The van der Waals surface area contributed by atoms with Crippen molar-refractivity contribution in [3.05, 3.63) is 142 Å². The average Bonchev–Trinajstić information content (AvgIpc) is 3.21. The maximum absolute atomic E-state index is 13.8. The first kappa shape index (κ1) is 24.2. The second-order valence-electron chi connectivity index (χ2n) is 9.49. The molecule has 1 aliphatic carbocycles. The Balaban J connectivity index is 1.57. The highest BCUT2D eigenvalue weighted by Gasteiger charge is 2.32. The maximum atomic E-state index is 13.8. The molecule has 0 N–H and O–H groups in total. The summed E-state index contributed by atoms with van der Waals surface area (Å²) in [7, 11) is 0. The Bertz CT molecular complexity index is 1730. The van der Waals surface area contributed by atoms with Crippen LogP contribution in [-0.4, -0.2) is 4.57 Å². The Morgan fingerprint density at radius 2 is 1.49 bits per heavy atom. The molecule has 6 rings (SSSR count). The van der Waals surface area contributed by atoms with Gasteiger partial charge in [0.2, 0.25) is 0 Å². The normalized spacial score (nSPS) is 18.5. The SMILES string of the molecule is Cc1ccc(/C=c2/sc3n(c2=O)C(c2ccc(Cl)cc2)C2=C(N=3)/C(=C/c3ccc(Cl)cc3)CCC2)cc1. The first-order valence-corrected chi connectivity index (χ1v) is 13.9. The number of aromatic nitrogens is 1. The summed E-state index contributed by atoms with van der Waals surface area (Å²) in [5, 5.41) is 1.40. The summed E-state index contributed by atoms with van der Waals surface area (Å²) < 4.78 is 2.56. The summed E-state index contributed by atoms with van der Waals surface area (Å²) in [6.07, 6.45) is 7.01. The van der Waals surface area contributed by atoms with Crippen LogP contribution in [0.15, 0.2) is 99.4 Å². The van der Waals surface area contributed by atoms with Crippen LogP contribution in [0.2, 0.25) is 10.0 Å². The van der Waals surface area contributed by atoms with Crippen molar-refractivity contribution in [2.75, 3.05) is 0 Å². The lowest BCUT2D eigenvalue weighted by molar-refractivity contribution is 0.553. The zero-order valence-electron chi connectivity index (χ0n) is 20.2. The van der Waals surface area contributed by atoms with Gasteiger partial charge in [-0.3, -0.25) is 9.36 Å². The molecular weight excluding hydrogens is 519 g/mol. The van der Waals surface area contributed by atoms with Crippen LogP contribution in [0.25, 0.3) is 12.2 Å². The van der Waals surface area contributed by atoms with Crippen molar-refractivity contribution in [1.29, 1.82) is 0 Å². The number of hydrogen-bond acceptors (Lipinski definition) is 3. The molecule has 1 aromatic heterocycles. The maximum Gasteiger partial charge on any atom is 0.271 e. The minimum Gasteiger partial charge on any atom is -0.272 e. The van der Waals surface area contributed by atoms with Gasteiger partial charge < -0.3 is 0 Å². The summed E-state index contributed by atoms with van der Waals surface area (Å²) in [5.74, 6) is 0. The van der Waals surface area contributed by atoms with E-state index in [9.17, 15) is 4.79 Å². The molecule has 0 saturated carbocycles. The molecule has 37 heavy (non-hydrogen) atoms. The minimum atomic E-state index is -0.211. The number of fused-ring (bicyclic) bond motifs is 1. The molecule has 3 nitrogen and oxygen atoms in total. The number of benzene rings is 3. The highest BCUT2D eigenvalue weighted by Crippen LogP contribution is 2.41. The number of hydrogen-bond donors (Lipinski definition) is 0. The molecule has 0 amide bonds. The van der Waals surface area contributed by atoms with E-state index in [1.54, 1.807) is 0 Å². The van der Waals surface area contributed by atoms with Gasteiger partial charge >= 0.3 is 0 Å². The molecule has 6 heteroatoms. The second kappa shape index (κ2) is 9.94. The van der Waals surface area contributed by atoms with E-state index < -0.39 is 0 Å². The van der Waals surface area contributed by atoms with Gasteiger partial charge in [0.1, 0.15) is 0 Å². The largest absolute Gasteiger partial charge is 0.272 e. The Morgan fingerprint density at radius 1 is 0.865 bits per heavy atom. The fraction of sp³-hybridized carbons (Fsp3) is 0.161. The lowest BCUT2D eigenvalue weighted by atomic mass is 9.84. The van der Waals surface area contributed by atoms with Gasteiger partial charge in [-0.2, -0.15) is 0 Å². The van der Waals surface area contributed by atoms with E-state index >= 15 is 0 Å². The molecular formula is C31H24Cl2N2OS. The van der Waals surface area contributed by atoms with Gasteiger partial charge in [-0.1, -0.05) is 88.6 Å². The van der Waals surface area contributed by atoms with Crippen molar-refractivity contribution < 1.29 is 0 Å². The molecule has 184 valence electrons. The highest BCUT2D eigenvalue weighted by atomic mass is 35.5. The van der Waals surface area contributed by atoms with Crippen molar-refractivity contribution >= 4 is 46.7 Å². The molecule has 0 spiro atoms. The lowest BCUT2D eigenvalue weighted by Crippen LogP contribution is -2.39. The third kappa shape index (κ3) is 4.77. The molecule has 2 heterocycles. The summed E-state index contributed by atoms with van der Waals surface area (Å²) in [4.78, 5) is 19.7. The summed E-state index contributed by atoms with van der Waals surface area (Å²) >= 11 is 13.8. The molecule has 1 atom stereocenters. The Kier molecular flexibility index (Phi) is 6.49. The third-order valence-corrected chi connectivity index (χ3v) is 8.39. The standard InChI is InChI=1S/C31H24Cl2N2OS/c1-19-5-7-21(8-6-19)18-27-30(36)35-29(22-11-15-25(33)16-12-22)26-4-2-3-23(28(26)34-31(35)37-27)17-20-9-13-24(32)14-10-20/h5-18,29H,2-4H2,1H3/b23-17+,27-18+. The second-order valence-corrected chi connectivity index (χ2v) is 11.4. The van der Waals surface area contributed by atoms with Crippen molar-refractivity contribution in [2.45, 2.75) is 32.2 Å². The predicted octanol–water partition coefficient (Wildman–Crippen LogP) is 7.10. The average molecular weight is 544 g/mol. The smallest absolute Gasteiger partial charge is 0.271 e. The molecule has 0 bridgehead atoms. The molecule has 2 aliphatic rings. The Labute approximate surface area is 229 Å². The predicted molar refractivity (Wildman–Crippen MR) is 154 cm³/mol. The topological polar surface area (TPSA) is 34.4 Å². The molecule has 4 aromatic rings. The third-order valence-electron chi connectivity index (χ3n) is 6.90. The van der Waals surface area contributed by atoms with Crippen LogP contribution in [0.3, 0.4) is 0 Å². The van der Waals surface area contributed by atoms with Gasteiger partial charge in [-0.25, -0.2) is 4.99 Å². The number of rotatable bonds is 3. The summed E-state index contributed by atoms with van der Waals surface area (Å²) in [6, 6.07) is 23.7. The number of halogens is 2. The van der Waals surface area contributed by atoms with Crippen LogP contribution >= 0.6 is 34.5 Å². The zero-order valence-corrected chi connectivity index (χ0v) is 22.6. The van der Waals surface area contributed by atoms with Crippen LogP contribution < -0.4 is 14.9 Å². The van der Waals surface area contributed by atoms with Crippen LogP contribution in [-0.2, 0) is 0 Å². The molecule has 3 aromatic carbocycles. The van der Waals surface area contributed by atoms with Gasteiger partial charge in [0.05, 0.1) is 16.3 Å². The van der Waals surface area contributed by atoms with E-state index in [-0.39, 0.29) is 11.6 Å². The first-order valence-electron chi connectivity index (χ1n) is 12.3. The quantitative estimate of drug-likeness (QED) is 0.272. The van der Waals surface area contributed by atoms with E-state index in [0.717, 1.165) is 51.5 Å². The van der Waals surface area contributed by atoms with Crippen LogP contribution in [0.4, 0.5) is 0 Å².